The average molecular weight is 429 g/mol. The number of amides is 1. The van der Waals surface area contributed by atoms with Crippen LogP contribution in [-0.4, -0.2) is 28.1 Å². The minimum atomic E-state index is -0.288. The lowest BCUT2D eigenvalue weighted by Crippen LogP contribution is -2.30. The summed E-state index contributed by atoms with van der Waals surface area (Å²) in [4.78, 5) is 12.4. The van der Waals surface area contributed by atoms with E-state index in [0.29, 0.717) is 17.4 Å². The first kappa shape index (κ1) is 19.5. The second kappa shape index (κ2) is 8.71. The summed E-state index contributed by atoms with van der Waals surface area (Å²) in [6.07, 6.45) is 0. The molecular formula is C20H20N4O3S2. The van der Waals surface area contributed by atoms with E-state index in [1.54, 1.807) is 0 Å². The molecule has 0 fully saturated rings. The number of aromatic nitrogens is 2. The van der Waals surface area contributed by atoms with Gasteiger partial charge in [-0.3, -0.25) is 4.79 Å². The van der Waals surface area contributed by atoms with Gasteiger partial charge in [-0.2, -0.15) is 0 Å². The molecule has 2 aromatic carbocycles. The largest absolute Gasteiger partial charge is 0.454 e. The van der Waals surface area contributed by atoms with Gasteiger partial charge < -0.3 is 20.1 Å². The maximum Gasteiger partial charge on any atom is 0.233 e. The van der Waals surface area contributed by atoms with Crippen molar-refractivity contribution in [3.05, 3.63) is 53.6 Å². The van der Waals surface area contributed by atoms with Crippen molar-refractivity contribution < 1.29 is 14.3 Å². The standard InChI is InChI=1S/C20H20N4O3S2/c1-12-4-3-5-15(8-12)22-19-23-24-20(29-19)28-13(2)18(25)21-10-14-6-7-16-17(9-14)27-11-26-16/h3-9,13H,10-11H2,1-2H3,(H,21,25)(H,22,23)/t13-/m0/s1. The zero-order valence-electron chi connectivity index (χ0n) is 16.0. The summed E-state index contributed by atoms with van der Waals surface area (Å²) < 4.78 is 11.4. The lowest BCUT2D eigenvalue weighted by molar-refractivity contribution is -0.120. The monoisotopic (exact) mass is 428 g/mol. The first-order valence-electron chi connectivity index (χ1n) is 9.07. The van der Waals surface area contributed by atoms with Gasteiger partial charge in [-0.05, 0) is 49.2 Å². The molecule has 29 heavy (non-hydrogen) atoms. The van der Waals surface area contributed by atoms with Crippen molar-refractivity contribution in [2.24, 2.45) is 0 Å². The molecule has 0 spiro atoms. The Morgan fingerprint density at radius 3 is 2.93 bits per heavy atom. The molecule has 1 amide bonds. The second-order valence-electron chi connectivity index (χ2n) is 6.53. The summed E-state index contributed by atoms with van der Waals surface area (Å²) in [6.45, 7) is 4.56. The second-order valence-corrected chi connectivity index (χ2v) is 9.10. The molecule has 2 N–H and O–H groups in total. The number of aryl methyl sites for hydroxylation is 1. The molecule has 1 aliphatic rings. The lowest BCUT2D eigenvalue weighted by Gasteiger charge is -2.10. The van der Waals surface area contributed by atoms with Crippen molar-refractivity contribution in [3.63, 3.8) is 0 Å². The van der Waals surface area contributed by atoms with E-state index in [1.807, 2.05) is 56.3 Å². The fourth-order valence-electron chi connectivity index (χ4n) is 2.74. The molecule has 0 bridgehead atoms. The van der Waals surface area contributed by atoms with Crippen LogP contribution in [0.15, 0.2) is 46.8 Å². The molecule has 0 saturated carbocycles. The van der Waals surface area contributed by atoms with Crippen LogP contribution in [0.25, 0.3) is 0 Å². The van der Waals surface area contributed by atoms with Crippen LogP contribution in [-0.2, 0) is 11.3 Å². The van der Waals surface area contributed by atoms with E-state index >= 15 is 0 Å². The van der Waals surface area contributed by atoms with E-state index < -0.39 is 0 Å². The summed E-state index contributed by atoms with van der Waals surface area (Å²) in [5.74, 6) is 1.38. The fraction of sp³-hybridized carbons (Fsp3) is 0.250. The quantitative estimate of drug-likeness (QED) is 0.548. The molecule has 0 unspecified atom stereocenters. The van der Waals surface area contributed by atoms with Crippen molar-refractivity contribution in [1.29, 1.82) is 0 Å². The van der Waals surface area contributed by atoms with E-state index in [-0.39, 0.29) is 18.0 Å². The topological polar surface area (TPSA) is 85.4 Å². The van der Waals surface area contributed by atoms with E-state index in [0.717, 1.165) is 21.3 Å². The van der Waals surface area contributed by atoms with Crippen LogP contribution in [0.1, 0.15) is 18.1 Å². The number of ether oxygens (including phenoxy) is 2. The predicted molar refractivity (Wildman–Crippen MR) is 114 cm³/mol. The molecule has 150 valence electrons. The van der Waals surface area contributed by atoms with Crippen molar-refractivity contribution in [1.82, 2.24) is 15.5 Å². The van der Waals surface area contributed by atoms with E-state index in [1.165, 1.54) is 28.7 Å². The van der Waals surface area contributed by atoms with Gasteiger partial charge in [-0.25, -0.2) is 0 Å². The normalized spacial score (nSPS) is 13.2. The Hall–Kier alpha value is -2.78. The van der Waals surface area contributed by atoms with Gasteiger partial charge in [0.1, 0.15) is 0 Å². The summed E-state index contributed by atoms with van der Waals surface area (Å²) in [5.41, 5.74) is 3.09. The number of rotatable bonds is 7. The van der Waals surface area contributed by atoms with Gasteiger partial charge in [0, 0.05) is 12.2 Å². The number of benzene rings is 2. The van der Waals surface area contributed by atoms with Crippen molar-refractivity contribution in [2.75, 3.05) is 12.1 Å². The number of carbonyl (C=O) groups is 1. The van der Waals surface area contributed by atoms with E-state index in [4.69, 9.17) is 9.47 Å². The lowest BCUT2D eigenvalue weighted by atomic mass is 10.2. The third kappa shape index (κ3) is 4.99. The van der Waals surface area contributed by atoms with Gasteiger partial charge in [0.2, 0.25) is 17.8 Å². The summed E-state index contributed by atoms with van der Waals surface area (Å²) in [7, 11) is 0. The molecule has 4 rings (SSSR count). The van der Waals surface area contributed by atoms with Crippen molar-refractivity contribution in [2.45, 2.75) is 30.0 Å². The van der Waals surface area contributed by atoms with Gasteiger partial charge in [0.05, 0.1) is 5.25 Å². The van der Waals surface area contributed by atoms with E-state index in [2.05, 4.69) is 20.8 Å². The summed E-state index contributed by atoms with van der Waals surface area (Å²) in [5, 5.41) is 14.9. The third-order valence-electron chi connectivity index (χ3n) is 4.23. The minimum absolute atomic E-state index is 0.0592. The number of nitrogens with one attached hydrogen (secondary N) is 2. The number of anilines is 2. The molecule has 9 heteroatoms. The zero-order chi connectivity index (χ0) is 20.2. The molecule has 0 saturated heterocycles. The Labute approximate surface area is 176 Å². The van der Waals surface area contributed by atoms with E-state index in [9.17, 15) is 4.79 Å². The van der Waals surface area contributed by atoms with Crippen LogP contribution >= 0.6 is 23.1 Å². The summed E-state index contributed by atoms with van der Waals surface area (Å²) in [6, 6.07) is 13.7. The average Bonchev–Trinajstić information content (AvgIpc) is 3.34. The molecule has 1 aliphatic heterocycles. The number of nitrogens with zero attached hydrogens (tertiary/aromatic N) is 2. The number of hydrogen-bond donors (Lipinski definition) is 2. The Morgan fingerprint density at radius 2 is 2.07 bits per heavy atom. The van der Waals surface area contributed by atoms with Gasteiger partial charge in [0.15, 0.2) is 15.8 Å². The van der Waals surface area contributed by atoms with Gasteiger partial charge in [-0.15, -0.1) is 10.2 Å². The third-order valence-corrected chi connectivity index (χ3v) is 6.25. The molecular weight excluding hydrogens is 408 g/mol. The Balaban J connectivity index is 1.29. The Kier molecular flexibility index (Phi) is 5.86. The highest BCUT2D eigenvalue weighted by Gasteiger charge is 2.18. The van der Waals surface area contributed by atoms with Crippen LogP contribution in [0, 0.1) is 6.92 Å². The number of carbonyl (C=O) groups excluding carboxylic acids is 1. The number of thioether (sulfide) groups is 1. The number of hydrogen-bond acceptors (Lipinski definition) is 8. The van der Waals surface area contributed by atoms with Crippen molar-refractivity contribution in [3.8, 4) is 11.5 Å². The molecule has 0 aliphatic carbocycles. The number of fused-ring (bicyclic) bond motifs is 1. The molecule has 1 atom stereocenters. The molecule has 3 aromatic rings. The first-order chi connectivity index (χ1) is 14.1. The van der Waals surface area contributed by atoms with Crippen molar-refractivity contribution >= 4 is 39.8 Å². The molecule has 7 nitrogen and oxygen atoms in total. The zero-order valence-corrected chi connectivity index (χ0v) is 17.6. The fourth-order valence-corrected chi connectivity index (χ4v) is 4.68. The molecule has 1 aromatic heterocycles. The van der Waals surface area contributed by atoms with Gasteiger partial charge >= 0.3 is 0 Å². The SMILES string of the molecule is Cc1cccc(Nc2nnc(S[C@@H](C)C(=O)NCc3ccc4c(c3)OCO4)s2)c1. The summed E-state index contributed by atoms with van der Waals surface area (Å²) >= 11 is 2.82. The maximum atomic E-state index is 12.4. The molecule has 0 radical (unpaired) electrons. The van der Waals surface area contributed by atoms with Gasteiger partial charge in [-0.1, -0.05) is 41.3 Å². The van der Waals surface area contributed by atoms with Crippen LogP contribution in [0.2, 0.25) is 0 Å². The minimum Gasteiger partial charge on any atom is -0.454 e. The highest BCUT2D eigenvalue weighted by molar-refractivity contribution is 8.02. The van der Waals surface area contributed by atoms with Gasteiger partial charge in [0.25, 0.3) is 0 Å². The Bertz CT molecular complexity index is 1020. The van der Waals surface area contributed by atoms with Crippen LogP contribution < -0.4 is 20.1 Å². The predicted octanol–water partition coefficient (Wildman–Crippen LogP) is 4.12. The maximum absolute atomic E-state index is 12.4. The van der Waals surface area contributed by atoms with Crippen LogP contribution in [0.5, 0.6) is 11.5 Å². The smallest absolute Gasteiger partial charge is 0.233 e. The van der Waals surface area contributed by atoms with Crippen LogP contribution in [0.4, 0.5) is 10.8 Å². The highest BCUT2D eigenvalue weighted by atomic mass is 32.2. The highest BCUT2D eigenvalue weighted by Crippen LogP contribution is 2.33. The molecule has 2 heterocycles. The van der Waals surface area contributed by atoms with Crippen LogP contribution in [0.3, 0.4) is 0 Å². The Morgan fingerprint density at radius 1 is 1.21 bits per heavy atom. The first-order valence-corrected chi connectivity index (χ1v) is 10.8.